The smallest absolute Gasteiger partial charge is 0.235 e. The fraction of sp³-hybridized carbons (Fsp3) is 1.00. The molecular formula is C6H9ClF3N. The monoisotopic (exact) mass is 187 g/mol. The van der Waals surface area contributed by atoms with Gasteiger partial charge in [-0.2, -0.15) is 8.78 Å². The van der Waals surface area contributed by atoms with Gasteiger partial charge in [-0.1, -0.05) is 18.5 Å². The summed E-state index contributed by atoms with van der Waals surface area (Å²) in [5.74, 6) is 0. The molecule has 0 N–H and O–H groups in total. The van der Waals surface area contributed by atoms with Crippen LogP contribution in [0.1, 0.15) is 13.3 Å². The standard InChI is InChI=1S/C6H9ClF3N/c1-2-4-3-11(4)6(9,10)5(7)8/h4-5H,2-3H2,1H3. The van der Waals surface area contributed by atoms with Crippen LogP contribution in [0.4, 0.5) is 13.2 Å². The Hall–Kier alpha value is 0.0400. The molecule has 66 valence electrons. The van der Waals surface area contributed by atoms with Crippen LogP contribution < -0.4 is 0 Å². The van der Waals surface area contributed by atoms with Crippen LogP contribution >= 0.6 is 11.6 Å². The van der Waals surface area contributed by atoms with Crippen LogP contribution in [0.5, 0.6) is 0 Å². The molecule has 1 rings (SSSR count). The van der Waals surface area contributed by atoms with Gasteiger partial charge in [0.25, 0.3) is 5.63 Å². The van der Waals surface area contributed by atoms with Crippen molar-refractivity contribution >= 4 is 11.6 Å². The fourth-order valence-electron chi connectivity index (χ4n) is 1.02. The summed E-state index contributed by atoms with van der Waals surface area (Å²) in [5.41, 5.74) is -2.60. The minimum absolute atomic E-state index is 0.193. The van der Waals surface area contributed by atoms with Crippen molar-refractivity contribution in [2.45, 2.75) is 31.1 Å². The second-order valence-corrected chi connectivity index (χ2v) is 2.99. The topological polar surface area (TPSA) is 3.01 Å². The molecule has 3 atom stereocenters. The lowest BCUT2D eigenvalue weighted by Crippen LogP contribution is -2.36. The predicted octanol–water partition coefficient (Wildman–Crippen LogP) is 2.21. The van der Waals surface area contributed by atoms with E-state index < -0.39 is 11.7 Å². The maximum Gasteiger partial charge on any atom is 0.350 e. The van der Waals surface area contributed by atoms with E-state index in [1.165, 1.54) is 0 Å². The summed E-state index contributed by atoms with van der Waals surface area (Å²) in [5, 5.41) is 0. The maximum atomic E-state index is 12.6. The summed E-state index contributed by atoms with van der Waals surface area (Å²) >= 11 is 4.67. The Morgan fingerprint density at radius 3 is 2.55 bits per heavy atom. The quantitative estimate of drug-likeness (QED) is 0.372. The predicted molar refractivity (Wildman–Crippen MR) is 36.5 cm³/mol. The van der Waals surface area contributed by atoms with E-state index in [0.29, 0.717) is 6.42 Å². The van der Waals surface area contributed by atoms with E-state index in [-0.39, 0.29) is 12.6 Å². The van der Waals surface area contributed by atoms with Gasteiger partial charge in [0.2, 0.25) is 0 Å². The van der Waals surface area contributed by atoms with Crippen molar-refractivity contribution < 1.29 is 13.2 Å². The van der Waals surface area contributed by atoms with E-state index >= 15 is 0 Å². The van der Waals surface area contributed by atoms with E-state index in [1.54, 1.807) is 6.92 Å². The molecule has 0 bridgehead atoms. The summed E-state index contributed by atoms with van der Waals surface area (Å²) in [7, 11) is 0. The highest BCUT2D eigenvalue weighted by Crippen LogP contribution is 2.38. The largest absolute Gasteiger partial charge is 0.350 e. The van der Waals surface area contributed by atoms with Crippen molar-refractivity contribution in [3.05, 3.63) is 0 Å². The van der Waals surface area contributed by atoms with E-state index in [0.717, 1.165) is 4.90 Å². The first-order chi connectivity index (χ1) is 5.00. The zero-order valence-electron chi connectivity index (χ0n) is 6.03. The van der Waals surface area contributed by atoms with Crippen LogP contribution in [0.2, 0.25) is 0 Å². The molecule has 1 aliphatic heterocycles. The molecule has 0 aromatic heterocycles. The van der Waals surface area contributed by atoms with Gasteiger partial charge in [0.1, 0.15) is 0 Å². The first-order valence-corrected chi connectivity index (χ1v) is 3.86. The minimum Gasteiger partial charge on any atom is -0.235 e. The van der Waals surface area contributed by atoms with Gasteiger partial charge in [-0.3, -0.25) is 0 Å². The minimum atomic E-state index is -3.48. The van der Waals surface area contributed by atoms with Crippen molar-refractivity contribution in [3.63, 3.8) is 0 Å². The Morgan fingerprint density at radius 2 is 2.27 bits per heavy atom. The third-order valence-electron chi connectivity index (χ3n) is 1.83. The van der Waals surface area contributed by atoms with Crippen molar-refractivity contribution in [1.82, 2.24) is 4.90 Å². The highest BCUT2D eigenvalue weighted by atomic mass is 35.5. The highest BCUT2D eigenvalue weighted by Gasteiger charge is 2.55. The molecule has 1 saturated heterocycles. The van der Waals surface area contributed by atoms with Gasteiger partial charge in [0.15, 0.2) is 0 Å². The highest BCUT2D eigenvalue weighted by molar-refractivity contribution is 6.20. The molecule has 1 nitrogen and oxygen atoms in total. The van der Waals surface area contributed by atoms with Crippen LogP contribution in [0.15, 0.2) is 0 Å². The van der Waals surface area contributed by atoms with Crippen molar-refractivity contribution in [2.75, 3.05) is 6.54 Å². The molecular weight excluding hydrogens is 179 g/mol. The molecule has 0 spiro atoms. The second kappa shape index (κ2) is 2.83. The molecule has 3 unspecified atom stereocenters. The molecule has 0 saturated carbocycles. The lowest BCUT2D eigenvalue weighted by molar-refractivity contribution is -0.126. The summed E-state index contributed by atoms with van der Waals surface area (Å²) in [4.78, 5) is 0.769. The Morgan fingerprint density at radius 1 is 1.73 bits per heavy atom. The first-order valence-electron chi connectivity index (χ1n) is 3.42. The molecule has 11 heavy (non-hydrogen) atoms. The van der Waals surface area contributed by atoms with Gasteiger partial charge in [-0.15, -0.1) is 0 Å². The molecule has 0 aliphatic carbocycles. The second-order valence-electron chi connectivity index (χ2n) is 2.60. The lowest BCUT2D eigenvalue weighted by Gasteiger charge is -2.17. The normalized spacial score (nSPS) is 33.5. The van der Waals surface area contributed by atoms with E-state index in [4.69, 9.17) is 0 Å². The number of halogens is 4. The molecule has 0 amide bonds. The van der Waals surface area contributed by atoms with Crippen LogP contribution in [-0.2, 0) is 0 Å². The molecule has 0 aromatic rings. The van der Waals surface area contributed by atoms with E-state index in [9.17, 15) is 13.2 Å². The van der Waals surface area contributed by atoms with Crippen LogP contribution in [0, 0.1) is 0 Å². The SMILES string of the molecule is CCC1CN1C(F)(F)C(F)Cl. The third kappa shape index (κ3) is 1.62. The Balaban J connectivity index is 2.48. The zero-order chi connectivity index (χ0) is 8.65. The summed E-state index contributed by atoms with van der Waals surface area (Å²) < 4.78 is 37.2. The van der Waals surface area contributed by atoms with Crippen molar-refractivity contribution in [2.24, 2.45) is 0 Å². The van der Waals surface area contributed by atoms with Gasteiger partial charge in [-0.25, -0.2) is 9.29 Å². The van der Waals surface area contributed by atoms with Crippen molar-refractivity contribution in [1.29, 1.82) is 0 Å². The fourth-order valence-corrected chi connectivity index (χ4v) is 1.15. The zero-order valence-corrected chi connectivity index (χ0v) is 6.78. The van der Waals surface area contributed by atoms with Gasteiger partial charge < -0.3 is 0 Å². The Labute approximate surface area is 68.1 Å². The van der Waals surface area contributed by atoms with E-state index in [2.05, 4.69) is 11.6 Å². The van der Waals surface area contributed by atoms with Crippen LogP contribution in [0.25, 0.3) is 0 Å². The van der Waals surface area contributed by atoms with E-state index in [1.807, 2.05) is 0 Å². The number of rotatable bonds is 3. The van der Waals surface area contributed by atoms with Gasteiger partial charge in [0, 0.05) is 12.6 Å². The van der Waals surface area contributed by atoms with Gasteiger partial charge in [-0.05, 0) is 6.42 Å². The molecule has 1 aliphatic rings. The maximum absolute atomic E-state index is 12.6. The Bertz CT molecular complexity index is 151. The van der Waals surface area contributed by atoms with Crippen LogP contribution in [-0.4, -0.2) is 29.2 Å². The number of hydrogen-bond acceptors (Lipinski definition) is 1. The van der Waals surface area contributed by atoms with Gasteiger partial charge in [0.05, 0.1) is 0 Å². The lowest BCUT2D eigenvalue weighted by atomic mass is 10.4. The summed E-state index contributed by atoms with van der Waals surface area (Å²) in [6.45, 7) is 2.03. The molecule has 1 fully saturated rings. The first kappa shape index (κ1) is 9.13. The molecule has 0 radical (unpaired) electrons. The van der Waals surface area contributed by atoms with Crippen LogP contribution in [0.3, 0.4) is 0 Å². The number of hydrogen-bond donors (Lipinski definition) is 0. The van der Waals surface area contributed by atoms with Crippen molar-refractivity contribution in [3.8, 4) is 0 Å². The number of nitrogens with zero attached hydrogens (tertiary/aromatic N) is 1. The molecule has 0 aromatic carbocycles. The summed E-state index contributed by atoms with van der Waals surface area (Å²) in [6.07, 6.45) is 0.610. The molecule has 5 heteroatoms. The average Bonchev–Trinajstić information content (AvgIpc) is 2.65. The Kier molecular flexibility index (Phi) is 2.35. The average molecular weight is 188 g/mol. The van der Waals surface area contributed by atoms with Gasteiger partial charge >= 0.3 is 6.05 Å². The summed E-state index contributed by atoms with van der Waals surface area (Å²) in [6, 6.07) is -3.68. The third-order valence-corrected chi connectivity index (χ3v) is 2.09. The molecule has 1 heterocycles. The number of alkyl halides is 4.